The molecule has 0 rings (SSSR count). The molecule has 0 aliphatic heterocycles. The van der Waals surface area contributed by atoms with Crippen LogP contribution in [0.4, 0.5) is 0 Å². The molecule has 1 radical (unpaired) electrons. The highest BCUT2D eigenvalue weighted by molar-refractivity contribution is 7.40. The van der Waals surface area contributed by atoms with Crippen LogP contribution in [0.5, 0.6) is 0 Å². The van der Waals surface area contributed by atoms with Crippen molar-refractivity contribution in [3.63, 3.8) is 0 Å². The standard InChI is InChI=1S/BCl2H2Si/c2-1-4-3/h4H2. The van der Waals surface area contributed by atoms with Gasteiger partial charge in [0.15, 0.2) is 0 Å². The van der Waals surface area contributed by atoms with Crippen molar-refractivity contribution in [2.45, 2.75) is 0 Å². The minimum absolute atomic E-state index is 0.463. The van der Waals surface area contributed by atoms with Crippen molar-refractivity contribution in [1.29, 1.82) is 0 Å². The van der Waals surface area contributed by atoms with E-state index < -0.39 is 8.70 Å². The van der Waals surface area contributed by atoms with Gasteiger partial charge in [-0.1, -0.05) is 0 Å². The average molecular weight is 112 g/mol. The summed E-state index contributed by atoms with van der Waals surface area (Å²) in [4.78, 5) is 0. The van der Waals surface area contributed by atoms with Gasteiger partial charge in [-0.3, -0.25) is 0 Å². The zero-order valence-corrected chi connectivity index (χ0v) is 4.97. The lowest BCUT2D eigenvalue weighted by molar-refractivity contribution is 4.16. The van der Waals surface area contributed by atoms with Crippen molar-refractivity contribution in [1.82, 2.24) is 0 Å². The molecule has 4 heteroatoms. The van der Waals surface area contributed by atoms with Crippen LogP contribution < -0.4 is 0 Å². The third kappa shape index (κ3) is 2.86. The molecular weight excluding hydrogens is 110 g/mol. The number of rotatable bonds is 1. The Morgan fingerprint density at radius 3 is 2.00 bits per heavy atom. The molecule has 0 aromatic carbocycles. The fraction of sp³-hybridized carbons (Fsp3) is 0. The zero-order valence-electron chi connectivity index (χ0n) is 2.04. The molecule has 0 nitrogen and oxygen atoms in total. The third-order valence-electron chi connectivity index (χ3n) is 0.0583. The van der Waals surface area contributed by atoms with Gasteiger partial charge in [0, 0.05) is 0 Å². The highest BCUT2D eigenvalue weighted by Crippen LogP contribution is 1.66. The summed E-state index contributed by atoms with van der Waals surface area (Å²) in [6.07, 6.45) is 1.50. The van der Waals surface area contributed by atoms with Gasteiger partial charge in [0.2, 0.25) is 6.29 Å². The van der Waals surface area contributed by atoms with Gasteiger partial charge >= 0.3 is 0 Å². The van der Waals surface area contributed by atoms with Gasteiger partial charge in [-0.15, -0.1) is 0 Å². The van der Waals surface area contributed by atoms with Crippen molar-refractivity contribution in [2.24, 2.45) is 0 Å². The maximum Gasteiger partial charge on any atom is 0.239 e. The van der Waals surface area contributed by atoms with Crippen LogP contribution >= 0.6 is 22.5 Å². The molecule has 0 fully saturated rings. The van der Waals surface area contributed by atoms with Crippen molar-refractivity contribution in [3.8, 4) is 0 Å². The largest absolute Gasteiger partial charge is 0.239 e. The molecule has 23 valence electrons. The molecule has 0 unspecified atom stereocenters. The van der Waals surface area contributed by atoms with E-state index >= 15 is 0 Å². The van der Waals surface area contributed by atoms with Crippen molar-refractivity contribution in [2.75, 3.05) is 0 Å². The predicted octanol–water partition coefficient (Wildman–Crippen LogP) is 0.0820. The molecule has 0 saturated heterocycles. The summed E-state index contributed by atoms with van der Waals surface area (Å²) in [6, 6.07) is 0. The second kappa shape index (κ2) is 3.86. The van der Waals surface area contributed by atoms with Gasteiger partial charge in [-0.05, 0) is 0 Å². The molecule has 0 aromatic heterocycles. The van der Waals surface area contributed by atoms with Crippen molar-refractivity contribution < 1.29 is 0 Å². The van der Waals surface area contributed by atoms with E-state index in [9.17, 15) is 0 Å². The lowest BCUT2D eigenvalue weighted by Gasteiger charge is -1.56. The van der Waals surface area contributed by atoms with Crippen LogP contribution in [-0.4, -0.2) is 15.0 Å². The molecule has 0 spiro atoms. The average Bonchev–Trinajstić information content (AvgIpc) is 1.37. The Bertz CT molecular complexity index is 8.00. The minimum atomic E-state index is -0.463. The molecule has 0 aliphatic carbocycles. The molecule has 0 amide bonds. The molecule has 0 aliphatic rings. The van der Waals surface area contributed by atoms with Crippen LogP contribution in [0.15, 0.2) is 0 Å². The molecular formula is H2BCl2Si. The Balaban J connectivity index is 1.97. The number of halogens is 2. The number of hydrogen-bond donors (Lipinski definition) is 0. The van der Waals surface area contributed by atoms with E-state index in [0.717, 1.165) is 0 Å². The van der Waals surface area contributed by atoms with E-state index in [4.69, 9.17) is 22.5 Å². The van der Waals surface area contributed by atoms with E-state index in [2.05, 4.69) is 0 Å². The lowest BCUT2D eigenvalue weighted by Crippen LogP contribution is -1.78. The minimum Gasteiger partial charge on any atom is -0.207 e. The monoisotopic (exact) mass is 111 g/mol. The van der Waals surface area contributed by atoms with Crippen LogP contribution in [0, 0.1) is 0 Å². The van der Waals surface area contributed by atoms with E-state index in [1.54, 1.807) is 0 Å². The molecule has 0 N–H and O–H groups in total. The maximum absolute atomic E-state index is 5.14. The van der Waals surface area contributed by atoms with Gasteiger partial charge in [0.05, 0.1) is 0 Å². The summed E-state index contributed by atoms with van der Waals surface area (Å²) in [5, 5.41) is 0. The smallest absolute Gasteiger partial charge is 0.207 e. The second-order valence-electron chi connectivity index (χ2n) is 0.309. The van der Waals surface area contributed by atoms with Gasteiger partial charge in [-0.2, -0.15) is 11.1 Å². The Morgan fingerprint density at radius 2 is 2.00 bits per heavy atom. The first kappa shape index (κ1) is 4.86. The first-order chi connectivity index (χ1) is 1.91. The molecule has 0 heterocycles. The van der Waals surface area contributed by atoms with Crippen LogP contribution in [0.3, 0.4) is 0 Å². The number of hydrogen-bond acceptors (Lipinski definition) is 0. The van der Waals surface area contributed by atoms with E-state index in [-0.39, 0.29) is 0 Å². The fourth-order valence-corrected chi connectivity index (χ4v) is 0. The summed E-state index contributed by atoms with van der Waals surface area (Å²) in [5.74, 6) is 0. The Morgan fingerprint density at radius 1 is 1.75 bits per heavy atom. The molecule has 0 saturated carbocycles. The normalized spacial score (nSPS) is 9.50. The first-order valence-corrected chi connectivity index (χ1v) is 4.28. The van der Waals surface area contributed by atoms with Crippen LogP contribution in [-0.2, 0) is 0 Å². The highest BCUT2D eigenvalue weighted by atomic mass is 35.6. The predicted molar refractivity (Wildman–Crippen MR) is 26.0 cm³/mol. The highest BCUT2D eigenvalue weighted by Gasteiger charge is 1.70. The molecule has 0 atom stereocenters. The van der Waals surface area contributed by atoms with Crippen LogP contribution in [0.1, 0.15) is 0 Å². The SMILES string of the molecule is Cl[B][SiH2]Cl. The van der Waals surface area contributed by atoms with Crippen LogP contribution in [0.2, 0.25) is 0 Å². The molecule has 0 bridgehead atoms. The zero-order chi connectivity index (χ0) is 3.41. The lowest BCUT2D eigenvalue weighted by atomic mass is 10.7. The Kier molecular flexibility index (Phi) is 4.69. The van der Waals surface area contributed by atoms with Crippen LogP contribution in [0.25, 0.3) is 0 Å². The third-order valence-corrected chi connectivity index (χ3v) is 1.57. The van der Waals surface area contributed by atoms with Crippen molar-refractivity contribution in [3.05, 3.63) is 0 Å². The van der Waals surface area contributed by atoms with E-state index in [0.29, 0.717) is 0 Å². The quantitative estimate of drug-likeness (QED) is 0.332. The maximum atomic E-state index is 5.14. The van der Waals surface area contributed by atoms with E-state index in [1.807, 2.05) is 0 Å². The topological polar surface area (TPSA) is 0 Å². The summed E-state index contributed by atoms with van der Waals surface area (Å²) in [6.45, 7) is 0. The fourth-order valence-electron chi connectivity index (χ4n) is 0. The van der Waals surface area contributed by atoms with Crippen molar-refractivity contribution >= 4 is 37.5 Å². The summed E-state index contributed by atoms with van der Waals surface area (Å²) in [5.41, 5.74) is 0. The van der Waals surface area contributed by atoms with Gasteiger partial charge in [0.1, 0.15) is 8.70 Å². The second-order valence-corrected chi connectivity index (χ2v) is 2.78. The van der Waals surface area contributed by atoms with Gasteiger partial charge in [-0.25, -0.2) is 11.5 Å². The molecule has 4 heavy (non-hydrogen) atoms. The Labute approximate surface area is 38.1 Å². The summed E-state index contributed by atoms with van der Waals surface area (Å²) >= 11 is 10.1. The Hall–Kier alpha value is 0.862. The summed E-state index contributed by atoms with van der Waals surface area (Å²) in [7, 11) is -0.463. The first-order valence-electron chi connectivity index (χ1n) is 0.894. The molecule has 0 aromatic rings. The summed E-state index contributed by atoms with van der Waals surface area (Å²) < 4.78 is 0. The van der Waals surface area contributed by atoms with E-state index in [1.165, 1.54) is 6.29 Å². The van der Waals surface area contributed by atoms with Gasteiger partial charge in [0.25, 0.3) is 0 Å². The van der Waals surface area contributed by atoms with Gasteiger partial charge < -0.3 is 0 Å².